The Morgan fingerprint density at radius 1 is 1.19 bits per heavy atom. The third-order valence-corrected chi connectivity index (χ3v) is 5.59. The summed E-state index contributed by atoms with van der Waals surface area (Å²) in [7, 11) is 1.68. The number of rotatable bonds is 6. The molecule has 3 rings (SSSR count). The Labute approximate surface area is 163 Å². The molecule has 27 heavy (non-hydrogen) atoms. The molecule has 7 heteroatoms. The number of guanidine groups is 1. The minimum atomic E-state index is 0.338. The zero-order chi connectivity index (χ0) is 18.9. The molecule has 2 aliphatic rings. The van der Waals surface area contributed by atoms with Crippen molar-refractivity contribution >= 4 is 5.96 Å². The summed E-state index contributed by atoms with van der Waals surface area (Å²) < 4.78 is 7.17. The molecule has 0 saturated heterocycles. The molecule has 1 fully saturated rings. The van der Waals surface area contributed by atoms with Gasteiger partial charge in [-0.2, -0.15) is 5.10 Å². The van der Waals surface area contributed by atoms with Crippen LogP contribution in [-0.2, 0) is 24.3 Å². The van der Waals surface area contributed by atoms with E-state index in [-0.39, 0.29) is 0 Å². The molecule has 1 aliphatic carbocycles. The molecule has 0 amide bonds. The molecule has 1 saturated carbocycles. The highest BCUT2D eigenvalue weighted by molar-refractivity contribution is 5.80. The fourth-order valence-corrected chi connectivity index (χ4v) is 4.13. The van der Waals surface area contributed by atoms with Gasteiger partial charge in [-0.3, -0.25) is 4.99 Å². The molecule has 1 aliphatic heterocycles. The minimum Gasteiger partial charge on any atom is -0.377 e. The number of fused-ring (bicyclic) bond motifs is 1. The quantitative estimate of drug-likeness (QED) is 0.590. The lowest BCUT2D eigenvalue weighted by Gasteiger charge is -2.26. The largest absolute Gasteiger partial charge is 0.377 e. The second kappa shape index (κ2) is 10.6. The molecule has 2 N–H and O–H groups in total. The van der Waals surface area contributed by atoms with Crippen molar-refractivity contribution in [1.82, 2.24) is 25.4 Å². The number of nitrogens with zero attached hydrogens (tertiary/aromatic N) is 4. The van der Waals surface area contributed by atoms with Crippen LogP contribution >= 0.6 is 0 Å². The zero-order valence-electron chi connectivity index (χ0n) is 17.0. The first kappa shape index (κ1) is 20.1. The molecule has 1 aromatic heterocycles. The molecule has 0 aromatic carbocycles. The highest BCUT2D eigenvalue weighted by atomic mass is 16.5. The van der Waals surface area contributed by atoms with Gasteiger partial charge in [0.25, 0.3) is 0 Å². The van der Waals surface area contributed by atoms with Gasteiger partial charge in [-0.25, -0.2) is 9.67 Å². The Kier molecular flexibility index (Phi) is 7.93. The molecule has 0 bridgehead atoms. The lowest BCUT2D eigenvalue weighted by atomic mass is 9.91. The smallest absolute Gasteiger partial charge is 0.191 e. The summed E-state index contributed by atoms with van der Waals surface area (Å²) in [4.78, 5) is 9.48. The van der Waals surface area contributed by atoms with E-state index in [9.17, 15) is 0 Å². The number of hydrogen-bond acceptors (Lipinski definition) is 4. The summed E-state index contributed by atoms with van der Waals surface area (Å²) in [6.45, 7) is 5.26. The van der Waals surface area contributed by atoms with Gasteiger partial charge >= 0.3 is 0 Å². The fraction of sp³-hybridized carbons (Fsp3) is 0.850. The summed E-state index contributed by atoms with van der Waals surface area (Å²) in [5.74, 6) is 3.53. The minimum absolute atomic E-state index is 0.338. The lowest BCUT2D eigenvalue weighted by Crippen LogP contribution is -2.47. The third-order valence-electron chi connectivity index (χ3n) is 5.59. The van der Waals surface area contributed by atoms with Crippen molar-refractivity contribution in [3.8, 4) is 0 Å². The van der Waals surface area contributed by atoms with Crippen LogP contribution in [0.5, 0.6) is 0 Å². The molecule has 1 aromatic rings. The maximum atomic E-state index is 5.15. The summed E-state index contributed by atoms with van der Waals surface area (Å²) in [5, 5.41) is 11.6. The van der Waals surface area contributed by atoms with Crippen molar-refractivity contribution in [2.24, 2.45) is 10.9 Å². The van der Waals surface area contributed by atoms with E-state index in [1.807, 2.05) is 4.68 Å². The number of hydrogen-bond donors (Lipinski definition) is 2. The molecule has 0 radical (unpaired) electrons. The summed E-state index contributed by atoms with van der Waals surface area (Å²) in [6, 6.07) is 0.338. The van der Waals surface area contributed by atoms with Crippen molar-refractivity contribution in [1.29, 1.82) is 0 Å². The molecule has 1 atom stereocenters. The number of aliphatic imine (C=N–C) groups is 1. The predicted octanol–water partition coefficient (Wildman–Crippen LogP) is 2.65. The first-order valence-electron chi connectivity index (χ1n) is 10.7. The second-order valence-electron chi connectivity index (χ2n) is 7.87. The van der Waals surface area contributed by atoms with Crippen LogP contribution in [0.25, 0.3) is 0 Å². The Morgan fingerprint density at radius 3 is 2.70 bits per heavy atom. The zero-order valence-corrected chi connectivity index (χ0v) is 17.0. The Morgan fingerprint density at radius 2 is 1.96 bits per heavy atom. The van der Waals surface area contributed by atoms with Gasteiger partial charge in [0, 0.05) is 32.7 Å². The van der Waals surface area contributed by atoms with Gasteiger partial charge < -0.3 is 15.4 Å². The Hall–Kier alpha value is -1.63. The van der Waals surface area contributed by atoms with Crippen LogP contribution in [-0.4, -0.2) is 47.0 Å². The topological polar surface area (TPSA) is 76.4 Å². The van der Waals surface area contributed by atoms with Gasteiger partial charge in [-0.1, -0.05) is 32.1 Å². The molecular weight excluding hydrogens is 340 g/mol. The van der Waals surface area contributed by atoms with Gasteiger partial charge in [-0.15, -0.1) is 0 Å². The summed E-state index contributed by atoms with van der Waals surface area (Å²) in [6.07, 6.45) is 11.6. The predicted molar refractivity (Wildman–Crippen MR) is 108 cm³/mol. The number of nitrogens with one attached hydrogen (secondary N) is 2. The van der Waals surface area contributed by atoms with E-state index in [0.29, 0.717) is 12.6 Å². The van der Waals surface area contributed by atoms with Crippen LogP contribution in [0.3, 0.4) is 0 Å². The molecular formula is C20H36N6O. The molecule has 0 spiro atoms. The molecule has 1 unspecified atom stereocenters. The number of aromatic nitrogens is 3. The average molecular weight is 377 g/mol. The average Bonchev–Trinajstić information content (AvgIpc) is 3.03. The fourth-order valence-electron chi connectivity index (χ4n) is 4.13. The van der Waals surface area contributed by atoms with Crippen molar-refractivity contribution in [2.45, 2.75) is 83.9 Å². The van der Waals surface area contributed by atoms with Crippen LogP contribution in [0, 0.1) is 5.92 Å². The monoisotopic (exact) mass is 376 g/mol. The van der Waals surface area contributed by atoms with Crippen molar-refractivity contribution in [3.05, 3.63) is 11.6 Å². The standard InChI is InChI=1S/C20H36N6O/c1-3-21-20(22-13-16-9-7-5-4-6-8-10-16)23-17-11-12-19-24-18(15-27-2)25-26(19)14-17/h16-17H,3-15H2,1-2H3,(H2,21,22,23). The van der Waals surface area contributed by atoms with Gasteiger partial charge in [-0.05, 0) is 32.1 Å². The molecule has 2 heterocycles. The van der Waals surface area contributed by atoms with Gasteiger partial charge in [0.05, 0.1) is 6.54 Å². The first-order chi connectivity index (χ1) is 13.3. The molecule has 152 valence electrons. The SMILES string of the molecule is CCNC(=NCC1CCCCCCC1)NC1CCc2nc(COC)nn2C1. The highest BCUT2D eigenvalue weighted by Crippen LogP contribution is 2.22. The van der Waals surface area contributed by atoms with Crippen LogP contribution in [0.4, 0.5) is 0 Å². The van der Waals surface area contributed by atoms with Gasteiger partial charge in [0.15, 0.2) is 11.8 Å². The van der Waals surface area contributed by atoms with E-state index in [4.69, 9.17) is 9.73 Å². The number of methoxy groups -OCH3 is 1. The van der Waals surface area contributed by atoms with Crippen molar-refractivity contribution < 1.29 is 4.74 Å². The van der Waals surface area contributed by atoms with E-state index in [1.54, 1.807) is 7.11 Å². The van der Waals surface area contributed by atoms with Gasteiger partial charge in [0.1, 0.15) is 12.4 Å². The second-order valence-corrected chi connectivity index (χ2v) is 7.87. The summed E-state index contributed by atoms with van der Waals surface area (Å²) in [5.41, 5.74) is 0. The Balaban J connectivity index is 1.55. The van der Waals surface area contributed by atoms with Gasteiger partial charge in [0.2, 0.25) is 0 Å². The first-order valence-corrected chi connectivity index (χ1v) is 10.7. The van der Waals surface area contributed by atoms with E-state index >= 15 is 0 Å². The van der Waals surface area contributed by atoms with Crippen LogP contribution in [0.2, 0.25) is 0 Å². The summed E-state index contributed by atoms with van der Waals surface area (Å²) >= 11 is 0. The highest BCUT2D eigenvalue weighted by Gasteiger charge is 2.22. The third kappa shape index (κ3) is 6.19. The number of aryl methyl sites for hydroxylation is 1. The maximum Gasteiger partial charge on any atom is 0.191 e. The van der Waals surface area contributed by atoms with Crippen LogP contribution in [0.15, 0.2) is 4.99 Å². The Bertz CT molecular complexity index is 591. The normalized spacial score (nSPS) is 22.0. The van der Waals surface area contributed by atoms with E-state index < -0.39 is 0 Å². The lowest BCUT2D eigenvalue weighted by molar-refractivity contribution is 0.177. The van der Waals surface area contributed by atoms with E-state index in [1.165, 1.54) is 44.9 Å². The maximum absolute atomic E-state index is 5.15. The molecule has 7 nitrogen and oxygen atoms in total. The van der Waals surface area contributed by atoms with Crippen LogP contribution in [0.1, 0.15) is 69.9 Å². The number of ether oxygens (including phenoxy) is 1. The van der Waals surface area contributed by atoms with Crippen molar-refractivity contribution in [3.63, 3.8) is 0 Å². The van der Waals surface area contributed by atoms with E-state index in [2.05, 4.69) is 27.6 Å². The van der Waals surface area contributed by atoms with E-state index in [0.717, 1.165) is 56.0 Å². The van der Waals surface area contributed by atoms with Crippen molar-refractivity contribution in [2.75, 3.05) is 20.2 Å². The van der Waals surface area contributed by atoms with Crippen LogP contribution < -0.4 is 10.6 Å².